The summed E-state index contributed by atoms with van der Waals surface area (Å²) in [5, 5.41) is 2.68. The van der Waals surface area contributed by atoms with Gasteiger partial charge in [0.25, 0.3) is 0 Å². The van der Waals surface area contributed by atoms with E-state index in [4.69, 9.17) is 0 Å². The van der Waals surface area contributed by atoms with Crippen LogP contribution in [0.2, 0.25) is 0 Å². The molecule has 14 heavy (non-hydrogen) atoms. The van der Waals surface area contributed by atoms with Gasteiger partial charge in [-0.3, -0.25) is 0 Å². The molecule has 0 saturated carbocycles. The lowest BCUT2D eigenvalue weighted by Crippen LogP contribution is -2.07. The van der Waals surface area contributed by atoms with E-state index in [1.807, 2.05) is 0 Å². The summed E-state index contributed by atoms with van der Waals surface area (Å²) >= 11 is 0. The van der Waals surface area contributed by atoms with Crippen LogP contribution in [-0.2, 0) is 0 Å². The predicted molar refractivity (Wildman–Crippen MR) is 69.7 cm³/mol. The Morgan fingerprint density at radius 3 is 2.57 bits per heavy atom. The molecule has 1 heterocycles. The molecule has 0 aliphatic carbocycles. The van der Waals surface area contributed by atoms with E-state index in [9.17, 15) is 0 Å². The van der Waals surface area contributed by atoms with Crippen molar-refractivity contribution in [1.82, 2.24) is 0 Å². The van der Waals surface area contributed by atoms with Gasteiger partial charge >= 0.3 is 0 Å². The topological polar surface area (TPSA) is 0 Å². The monoisotopic (exact) mass is 224 g/mol. The SMILES string of the molecule is CP(C)C1CCCP1c1ccccc1. The summed E-state index contributed by atoms with van der Waals surface area (Å²) in [6, 6.07) is 11.2. The summed E-state index contributed by atoms with van der Waals surface area (Å²) in [4.78, 5) is 0. The normalized spacial score (nSPS) is 27.1. The summed E-state index contributed by atoms with van der Waals surface area (Å²) in [6.07, 6.45) is 4.43. The fourth-order valence-corrected chi connectivity index (χ4v) is 8.36. The Balaban J connectivity index is 2.18. The first kappa shape index (κ1) is 10.6. The van der Waals surface area contributed by atoms with Crippen molar-refractivity contribution in [2.24, 2.45) is 0 Å². The number of hydrogen-bond donors (Lipinski definition) is 0. The van der Waals surface area contributed by atoms with Crippen LogP contribution in [0.3, 0.4) is 0 Å². The van der Waals surface area contributed by atoms with E-state index in [0.29, 0.717) is 0 Å². The maximum absolute atomic E-state index is 2.45. The average molecular weight is 224 g/mol. The predicted octanol–water partition coefficient (Wildman–Crippen LogP) is 3.66. The number of hydrogen-bond acceptors (Lipinski definition) is 0. The van der Waals surface area contributed by atoms with Crippen LogP contribution < -0.4 is 5.30 Å². The first-order chi connectivity index (χ1) is 6.79. The van der Waals surface area contributed by atoms with Crippen molar-refractivity contribution < 1.29 is 0 Å². The minimum Gasteiger partial charge on any atom is -0.105 e. The Hall–Kier alpha value is 0.0800. The van der Waals surface area contributed by atoms with E-state index in [1.54, 1.807) is 5.30 Å². The number of benzene rings is 1. The molecule has 0 aromatic heterocycles. The van der Waals surface area contributed by atoms with Crippen LogP contribution in [0.4, 0.5) is 0 Å². The summed E-state index contributed by atoms with van der Waals surface area (Å²) in [6.45, 7) is 4.90. The van der Waals surface area contributed by atoms with E-state index in [2.05, 4.69) is 43.7 Å². The highest BCUT2D eigenvalue weighted by Gasteiger charge is 2.29. The van der Waals surface area contributed by atoms with Gasteiger partial charge in [-0.25, -0.2) is 0 Å². The zero-order valence-electron chi connectivity index (χ0n) is 8.98. The molecule has 1 aromatic rings. The van der Waals surface area contributed by atoms with Crippen molar-refractivity contribution in [2.45, 2.75) is 18.2 Å². The minimum atomic E-state index is 0.186. The van der Waals surface area contributed by atoms with E-state index >= 15 is 0 Å². The van der Waals surface area contributed by atoms with Crippen molar-refractivity contribution in [3.05, 3.63) is 30.3 Å². The second kappa shape index (κ2) is 4.73. The summed E-state index contributed by atoms with van der Waals surface area (Å²) in [5.74, 6) is 0. The van der Waals surface area contributed by atoms with Crippen LogP contribution in [0.1, 0.15) is 12.8 Å². The number of rotatable bonds is 2. The molecule has 0 N–H and O–H groups in total. The molecule has 0 bridgehead atoms. The molecule has 1 fully saturated rings. The molecule has 2 atom stereocenters. The molecule has 0 spiro atoms. The molecule has 2 heteroatoms. The third-order valence-corrected chi connectivity index (χ3v) is 9.31. The third-order valence-electron chi connectivity index (χ3n) is 2.91. The van der Waals surface area contributed by atoms with Gasteiger partial charge in [0, 0.05) is 5.40 Å². The lowest BCUT2D eigenvalue weighted by molar-refractivity contribution is 0.919. The first-order valence-corrected chi connectivity index (χ1v) is 9.17. The molecule has 1 aliphatic rings. The Morgan fingerprint density at radius 2 is 1.93 bits per heavy atom. The van der Waals surface area contributed by atoms with Crippen LogP contribution in [0.15, 0.2) is 30.3 Å². The molecule has 1 saturated heterocycles. The highest BCUT2D eigenvalue weighted by atomic mass is 31.2. The van der Waals surface area contributed by atoms with E-state index in [1.165, 1.54) is 19.0 Å². The molecular formula is C12H18P2. The van der Waals surface area contributed by atoms with E-state index in [0.717, 1.165) is 5.40 Å². The molecular weight excluding hydrogens is 206 g/mol. The molecule has 0 nitrogen and oxygen atoms in total. The van der Waals surface area contributed by atoms with Crippen molar-refractivity contribution >= 4 is 21.1 Å². The molecule has 2 unspecified atom stereocenters. The summed E-state index contributed by atoms with van der Waals surface area (Å²) < 4.78 is 0. The zero-order chi connectivity index (χ0) is 9.97. The molecule has 1 aromatic carbocycles. The lowest BCUT2D eigenvalue weighted by atomic mass is 10.4. The van der Waals surface area contributed by atoms with Gasteiger partial charge in [-0.05, 0) is 37.6 Å². The second-order valence-corrected chi connectivity index (χ2v) is 9.60. The maximum atomic E-state index is 2.45. The van der Waals surface area contributed by atoms with Gasteiger partial charge in [-0.1, -0.05) is 38.3 Å². The molecule has 1 aliphatic heterocycles. The first-order valence-electron chi connectivity index (χ1n) is 5.27. The fourth-order valence-electron chi connectivity index (χ4n) is 2.21. The van der Waals surface area contributed by atoms with Gasteiger partial charge in [0.15, 0.2) is 0 Å². The zero-order valence-corrected chi connectivity index (χ0v) is 10.8. The van der Waals surface area contributed by atoms with Gasteiger partial charge in [0.1, 0.15) is 0 Å². The Morgan fingerprint density at radius 1 is 1.21 bits per heavy atom. The van der Waals surface area contributed by atoms with Crippen LogP contribution in [0, 0.1) is 0 Å². The largest absolute Gasteiger partial charge is 0.105 e. The van der Waals surface area contributed by atoms with Crippen LogP contribution in [0.25, 0.3) is 0 Å². The molecule has 2 rings (SSSR count). The average Bonchev–Trinajstić information content (AvgIpc) is 2.67. The van der Waals surface area contributed by atoms with Gasteiger partial charge in [0.05, 0.1) is 0 Å². The van der Waals surface area contributed by atoms with Crippen LogP contribution in [-0.4, -0.2) is 24.9 Å². The van der Waals surface area contributed by atoms with Crippen molar-refractivity contribution in [2.75, 3.05) is 19.5 Å². The maximum Gasteiger partial charge on any atom is 0.00295 e. The van der Waals surface area contributed by atoms with Crippen molar-refractivity contribution in [3.63, 3.8) is 0 Å². The Labute approximate surface area is 89.6 Å². The van der Waals surface area contributed by atoms with Gasteiger partial charge in [-0.2, -0.15) is 0 Å². The smallest absolute Gasteiger partial charge is 0.00295 e. The highest BCUT2D eigenvalue weighted by molar-refractivity contribution is 7.79. The quantitative estimate of drug-likeness (QED) is 0.672. The van der Waals surface area contributed by atoms with Gasteiger partial charge in [-0.15, -0.1) is 7.92 Å². The van der Waals surface area contributed by atoms with Gasteiger partial charge < -0.3 is 0 Å². The molecule has 76 valence electrons. The fraction of sp³-hybridized carbons (Fsp3) is 0.500. The van der Waals surface area contributed by atoms with Crippen molar-refractivity contribution in [3.8, 4) is 0 Å². The van der Waals surface area contributed by atoms with Crippen molar-refractivity contribution in [1.29, 1.82) is 0 Å². The standard InChI is InChI=1S/C12H18P2/c1-13(2)12-9-6-10-14(12)11-7-4-3-5-8-11/h3-5,7-8,12H,6,9-10H2,1-2H3. The lowest BCUT2D eigenvalue weighted by Gasteiger charge is -2.24. The summed E-state index contributed by atoms with van der Waals surface area (Å²) in [7, 11) is 0.450. The Kier molecular flexibility index (Phi) is 3.58. The third kappa shape index (κ3) is 2.18. The van der Waals surface area contributed by atoms with Gasteiger partial charge in [0.2, 0.25) is 0 Å². The van der Waals surface area contributed by atoms with E-state index in [-0.39, 0.29) is 15.8 Å². The van der Waals surface area contributed by atoms with Crippen LogP contribution in [0.5, 0.6) is 0 Å². The molecule has 0 amide bonds. The summed E-state index contributed by atoms with van der Waals surface area (Å²) in [5.41, 5.74) is 0. The molecule has 0 radical (unpaired) electrons. The Bertz CT molecular complexity index is 282. The minimum absolute atomic E-state index is 0.186. The van der Waals surface area contributed by atoms with E-state index < -0.39 is 0 Å². The van der Waals surface area contributed by atoms with Crippen LogP contribution >= 0.6 is 15.8 Å². The second-order valence-electron chi connectivity index (χ2n) is 4.12. The highest BCUT2D eigenvalue weighted by Crippen LogP contribution is 2.60.